The molecule has 1 aromatic heterocycles. The molecule has 2 aromatic carbocycles. The second kappa shape index (κ2) is 4.44. The molecule has 1 unspecified atom stereocenters. The van der Waals surface area contributed by atoms with Gasteiger partial charge in [-0.25, -0.2) is 4.98 Å². The van der Waals surface area contributed by atoms with Gasteiger partial charge in [-0.3, -0.25) is 0 Å². The quantitative estimate of drug-likeness (QED) is 0.741. The van der Waals surface area contributed by atoms with Gasteiger partial charge in [-0.1, -0.05) is 35.9 Å². The number of imidazole rings is 1. The monoisotopic (exact) mass is 258 g/mol. The Hall–Kier alpha value is -1.84. The van der Waals surface area contributed by atoms with E-state index in [0.29, 0.717) is 10.8 Å². The minimum Gasteiger partial charge on any atom is -0.380 e. The van der Waals surface area contributed by atoms with Gasteiger partial charge in [0.25, 0.3) is 0 Å². The van der Waals surface area contributed by atoms with E-state index in [0.717, 1.165) is 16.6 Å². The Morgan fingerprint density at radius 2 is 1.78 bits per heavy atom. The van der Waals surface area contributed by atoms with E-state index in [1.807, 2.05) is 24.3 Å². The molecular formula is C14H11ClN2O. The molecule has 0 aliphatic rings. The number of hydrogen-bond donors (Lipinski definition) is 2. The van der Waals surface area contributed by atoms with E-state index in [-0.39, 0.29) is 0 Å². The lowest BCUT2D eigenvalue weighted by Crippen LogP contribution is -2.01. The molecule has 0 aliphatic heterocycles. The van der Waals surface area contributed by atoms with E-state index in [1.54, 1.807) is 24.3 Å². The molecule has 0 bridgehead atoms. The van der Waals surface area contributed by atoms with Gasteiger partial charge in [0, 0.05) is 5.02 Å². The average Bonchev–Trinajstić information content (AvgIpc) is 2.82. The van der Waals surface area contributed by atoms with Gasteiger partial charge in [-0.05, 0) is 29.8 Å². The van der Waals surface area contributed by atoms with Crippen LogP contribution in [0.2, 0.25) is 5.02 Å². The van der Waals surface area contributed by atoms with Gasteiger partial charge in [-0.2, -0.15) is 0 Å². The molecule has 18 heavy (non-hydrogen) atoms. The van der Waals surface area contributed by atoms with Gasteiger partial charge in [-0.15, -0.1) is 0 Å². The highest BCUT2D eigenvalue weighted by atomic mass is 35.5. The van der Waals surface area contributed by atoms with E-state index in [2.05, 4.69) is 9.97 Å². The van der Waals surface area contributed by atoms with E-state index in [9.17, 15) is 5.11 Å². The molecule has 0 aliphatic carbocycles. The molecule has 90 valence electrons. The molecule has 0 amide bonds. The number of aliphatic hydroxyl groups is 1. The highest BCUT2D eigenvalue weighted by molar-refractivity contribution is 6.30. The summed E-state index contributed by atoms with van der Waals surface area (Å²) in [6, 6.07) is 14.8. The molecular weight excluding hydrogens is 248 g/mol. The van der Waals surface area contributed by atoms with Crippen molar-refractivity contribution in [3.8, 4) is 0 Å². The fraction of sp³-hybridized carbons (Fsp3) is 0.0714. The number of hydrogen-bond acceptors (Lipinski definition) is 2. The van der Waals surface area contributed by atoms with Crippen LogP contribution in [0.15, 0.2) is 48.5 Å². The van der Waals surface area contributed by atoms with E-state index in [1.165, 1.54) is 0 Å². The third kappa shape index (κ3) is 1.98. The molecule has 0 spiro atoms. The number of rotatable bonds is 2. The number of aliphatic hydroxyl groups excluding tert-OH is 1. The SMILES string of the molecule is OC(c1ccc(Cl)cc1)c1nc2ccccc2[nH]1. The first-order chi connectivity index (χ1) is 8.74. The van der Waals surface area contributed by atoms with Crippen molar-refractivity contribution in [2.75, 3.05) is 0 Å². The second-order valence-electron chi connectivity index (χ2n) is 4.09. The summed E-state index contributed by atoms with van der Waals surface area (Å²) in [5.74, 6) is 0.540. The molecule has 2 N–H and O–H groups in total. The molecule has 0 saturated heterocycles. The fourth-order valence-electron chi connectivity index (χ4n) is 1.90. The van der Waals surface area contributed by atoms with Crippen molar-refractivity contribution in [2.24, 2.45) is 0 Å². The third-order valence-corrected chi connectivity index (χ3v) is 3.10. The number of nitrogens with zero attached hydrogens (tertiary/aromatic N) is 1. The number of para-hydroxylation sites is 2. The summed E-state index contributed by atoms with van der Waals surface area (Å²) in [5, 5.41) is 10.9. The standard InChI is InChI=1S/C14H11ClN2O/c15-10-7-5-9(6-8-10)13(18)14-16-11-3-1-2-4-12(11)17-14/h1-8,13,18H,(H,16,17). The van der Waals surface area contributed by atoms with Crippen molar-refractivity contribution in [1.29, 1.82) is 0 Å². The summed E-state index contributed by atoms with van der Waals surface area (Å²) in [6.45, 7) is 0. The maximum Gasteiger partial charge on any atom is 0.140 e. The number of benzene rings is 2. The molecule has 3 rings (SSSR count). The van der Waals surface area contributed by atoms with Crippen LogP contribution in [0.3, 0.4) is 0 Å². The number of fused-ring (bicyclic) bond motifs is 1. The van der Waals surface area contributed by atoms with Crippen LogP contribution < -0.4 is 0 Å². The van der Waals surface area contributed by atoms with Crippen molar-refractivity contribution in [3.63, 3.8) is 0 Å². The highest BCUT2D eigenvalue weighted by Crippen LogP contribution is 2.23. The first kappa shape index (κ1) is 11.3. The van der Waals surface area contributed by atoms with E-state index in [4.69, 9.17) is 11.6 Å². The van der Waals surface area contributed by atoms with Crippen LogP contribution in [-0.4, -0.2) is 15.1 Å². The van der Waals surface area contributed by atoms with Gasteiger partial charge in [0.2, 0.25) is 0 Å². The van der Waals surface area contributed by atoms with Crippen LogP contribution in [0.4, 0.5) is 0 Å². The fourth-order valence-corrected chi connectivity index (χ4v) is 2.03. The topological polar surface area (TPSA) is 48.9 Å². The van der Waals surface area contributed by atoms with Gasteiger partial charge in [0.05, 0.1) is 11.0 Å². The van der Waals surface area contributed by atoms with Crippen LogP contribution in [0, 0.1) is 0 Å². The molecule has 0 fully saturated rings. The largest absolute Gasteiger partial charge is 0.380 e. The molecule has 4 heteroatoms. The Morgan fingerprint density at radius 1 is 1.06 bits per heavy atom. The number of aromatic amines is 1. The maximum absolute atomic E-state index is 10.2. The first-order valence-corrected chi connectivity index (χ1v) is 6.00. The summed E-state index contributed by atoms with van der Waals surface area (Å²) in [7, 11) is 0. The molecule has 3 nitrogen and oxygen atoms in total. The second-order valence-corrected chi connectivity index (χ2v) is 4.53. The number of aromatic nitrogens is 2. The molecule has 0 saturated carbocycles. The van der Waals surface area contributed by atoms with Crippen molar-refractivity contribution < 1.29 is 5.11 Å². The summed E-state index contributed by atoms with van der Waals surface area (Å²) in [6.07, 6.45) is -0.769. The first-order valence-electron chi connectivity index (χ1n) is 5.62. The summed E-state index contributed by atoms with van der Waals surface area (Å²) in [5.41, 5.74) is 2.53. The molecule has 0 radical (unpaired) electrons. The van der Waals surface area contributed by atoms with Crippen LogP contribution in [0.1, 0.15) is 17.5 Å². The van der Waals surface area contributed by atoms with Crippen LogP contribution in [0.5, 0.6) is 0 Å². The van der Waals surface area contributed by atoms with Gasteiger partial charge < -0.3 is 10.1 Å². The lowest BCUT2D eigenvalue weighted by atomic mass is 10.1. The number of halogens is 1. The minimum atomic E-state index is -0.769. The average molecular weight is 259 g/mol. The van der Waals surface area contributed by atoms with Crippen molar-refractivity contribution in [3.05, 3.63) is 64.9 Å². The van der Waals surface area contributed by atoms with Gasteiger partial charge in [0.15, 0.2) is 0 Å². The van der Waals surface area contributed by atoms with Crippen LogP contribution in [0.25, 0.3) is 11.0 Å². The van der Waals surface area contributed by atoms with E-state index >= 15 is 0 Å². The normalized spacial score (nSPS) is 12.8. The summed E-state index contributed by atoms with van der Waals surface area (Å²) < 4.78 is 0. The van der Waals surface area contributed by atoms with Crippen LogP contribution >= 0.6 is 11.6 Å². The predicted octanol–water partition coefficient (Wildman–Crippen LogP) is 3.30. The third-order valence-electron chi connectivity index (χ3n) is 2.85. The van der Waals surface area contributed by atoms with Gasteiger partial charge >= 0.3 is 0 Å². The van der Waals surface area contributed by atoms with Crippen LogP contribution in [-0.2, 0) is 0 Å². The van der Waals surface area contributed by atoms with Crippen molar-refractivity contribution in [2.45, 2.75) is 6.10 Å². The zero-order chi connectivity index (χ0) is 12.5. The maximum atomic E-state index is 10.2. The lowest BCUT2D eigenvalue weighted by molar-refractivity contribution is 0.211. The number of H-pyrrole nitrogens is 1. The highest BCUT2D eigenvalue weighted by Gasteiger charge is 2.14. The zero-order valence-corrected chi connectivity index (χ0v) is 10.2. The zero-order valence-electron chi connectivity index (χ0n) is 9.47. The van der Waals surface area contributed by atoms with Crippen molar-refractivity contribution >= 4 is 22.6 Å². The Morgan fingerprint density at radius 3 is 2.50 bits per heavy atom. The Bertz CT molecular complexity index is 643. The molecule has 3 aromatic rings. The molecule has 1 heterocycles. The van der Waals surface area contributed by atoms with E-state index < -0.39 is 6.10 Å². The number of nitrogens with one attached hydrogen (secondary N) is 1. The minimum absolute atomic E-state index is 0.540. The lowest BCUT2D eigenvalue weighted by Gasteiger charge is -2.07. The van der Waals surface area contributed by atoms with Gasteiger partial charge in [0.1, 0.15) is 11.9 Å². The molecule has 1 atom stereocenters. The van der Waals surface area contributed by atoms with Crippen molar-refractivity contribution in [1.82, 2.24) is 9.97 Å². The predicted molar refractivity (Wildman–Crippen MR) is 71.6 cm³/mol. The summed E-state index contributed by atoms with van der Waals surface area (Å²) in [4.78, 5) is 7.49. The summed E-state index contributed by atoms with van der Waals surface area (Å²) >= 11 is 5.82. The Kier molecular flexibility index (Phi) is 2.78. The smallest absolute Gasteiger partial charge is 0.140 e. The Labute approximate surface area is 109 Å². The Balaban J connectivity index is 2.00.